The van der Waals surface area contributed by atoms with Crippen molar-refractivity contribution in [3.05, 3.63) is 40.2 Å². The fourth-order valence-electron chi connectivity index (χ4n) is 3.65. The van der Waals surface area contributed by atoms with E-state index in [1.165, 1.54) is 36.7 Å². The second-order valence-electron chi connectivity index (χ2n) is 7.03. The number of piperidine rings is 1. The van der Waals surface area contributed by atoms with Crippen LogP contribution >= 0.6 is 11.3 Å². The van der Waals surface area contributed by atoms with Gasteiger partial charge in [0.1, 0.15) is 0 Å². The smallest absolute Gasteiger partial charge is 0.223 e. The minimum Gasteiger partial charge on any atom is -0.302 e. The highest BCUT2D eigenvalue weighted by Gasteiger charge is 2.21. The fraction of sp³-hybridized carbons (Fsp3) is 0.526. The second-order valence-corrected chi connectivity index (χ2v) is 7.89. The summed E-state index contributed by atoms with van der Waals surface area (Å²) in [4.78, 5) is 22.6. The van der Waals surface area contributed by atoms with Crippen molar-refractivity contribution < 1.29 is 4.79 Å². The molecule has 25 heavy (non-hydrogen) atoms. The number of nitrogens with one attached hydrogen (secondary N) is 1. The minimum absolute atomic E-state index is 0.0677. The summed E-state index contributed by atoms with van der Waals surface area (Å²) in [6, 6.07) is 4.43. The molecular weight excluding hydrogens is 332 g/mol. The third kappa shape index (κ3) is 5.34. The molecule has 0 aliphatic carbocycles. The quantitative estimate of drug-likeness (QED) is 0.888. The Kier molecular flexibility index (Phi) is 5.81. The molecule has 0 unspecified atom stereocenters. The Bertz CT molecular complexity index is 723. The molecule has 5 nitrogen and oxygen atoms in total. The van der Waals surface area contributed by atoms with Crippen LogP contribution in [-0.4, -0.2) is 33.9 Å². The van der Waals surface area contributed by atoms with E-state index in [-0.39, 0.29) is 5.91 Å². The van der Waals surface area contributed by atoms with Crippen molar-refractivity contribution in [1.82, 2.24) is 14.9 Å². The molecule has 0 saturated carbocycles. The number of hydrogen-bond acceptors (Lipinski definition) is 5. The maximum absolute atomic E-state index is 11.1. The van der Waals surface area contributed by atoms with Crippen LogP contribution in [0.5, 0.6) is 0 Å². The van der Waals surface area contributed by atoms with Gasteiger partial charge in [-0.3, -0.25) is 14.7 Å². The number of nitrogens with zero attached hydrogens (tertiary/aromatic N) is 3. The van der Waals surface area contributed by atoms with Crippen molar-refractivity contribution >= 4 is 22.4 Å². The number of aryl methyl sites for hydroxylation is 2. The molecule has 0 aromatic carbocycles. The number of anilines is 1. The Balaban J connectivity index is 1.57. The van der Waals surface area contributed by atoms with Gasteiger partial charge in [0.25, 0.3) is 0 Å². The highest BCUT2D eigenvalue weighted by atomic mass is 32.1. The number of amides is 1. The van der Waals surface area contributed by atoms with Crippen LogP contribution in [0.1, 0.15) is 42.4 Å². The van der Waals surface area contributed by atoms with E-state index in [9.17, 15) is 4.79 Å². The Morgan fingerprint density at radius 3 is 2.80 bits per heavy atom. The van der Waals surface area contributed by atoms with Gasteiger partial charge in [0.2, 0.25) is 5.91 Å². The van der Waals surface area contributed by atoms with Crippen molar-refractivity contribution in [3.8, 4) is 0 Å². The van der Waals surface area contributed by atoms with E-state index in [4.69, 9.17) is 0 Å². The zero-order valence-corrected chi connectivity index (χ0v) is 16.0. The van der Waals surface area contributed by atoms with Gasteiger partial charge in [-0.15, -0.1) is 11.3 Å². The first kappa shape index (κ1) is 18.0. The molecule has 0 radical (unpaired) electrons. The number of likely N-dealkylation sites (tertiary alicyclic amines) is 1. The Hall–Kier alpha value is -1.79. The minimum atomic E-state index is -0.0677. The predicted molar refractivity (Wildman–Crippen MR) is 102 cm³/mol. The van der Waals surface area contributed by atoms with Crippen LogP contribution in [0.25, 0.3) is 0 Å². The molecule has 1 amide bonds. The van der Waals surface area contributed by atoms with Crippen molar-refractivity contribution in [2.24, 2.45) is 5.92 Å². The van der Waals surface area contributed by atoms with Gasteiger partial charge in [-0.2, -0.15) is 0 Å². The number of carbonyl (C=O) groups excluding carboxylic acids is 1. The summed E-state index contributed by atoms with van der Waals surface area (Å²) in [6.45, 7) is 8.74. The van der Waals surface area contributed by atoms with Crippen molar-refractivity contribution in [1.29, 1.82) is 0 Å². The normalized spacial score (nSPS) is 18.3. The summed E-state index contributed by atoms with van der Waals surface area (Å²) in [6.07, 6.45) is 3.64. The van der Waals surface area contributed by atoms with E-state index in [2.05, 4.69) is 46.2 Å². The number of pyridine rings is 1. The van der Waals surface area contributed by atoms with Crippen LogP contribution in [-0.2, 0) is 17.8 Å². The third-order valence-corrected chi connectivity index (χ3v) is 5.30. The molecule has 3 rings (SSSR count). The largest absolute Gasteiger partial charge is 0.302 e. The van der Waals surface area contributed by atoms with Gasteiger partial charge in [0.05, 0.1) is 5.69 Å². The maximum atomic E-state index is 11.1. The standard InChI is InChI=1S/C19H26N4OS/c1-13-7-17(8-14(2)20-13)9-16-5-4-6-23(10-16)11-18-12-25-19(22-18)21-15(3)24/h7-8,12,16H,4-6,9-11H2,1-3H3,(H,21,22,24)/t16-/m1/s1. The van der Waals surface area contributed by atoms with Gasteiger partial charge in [-0.05, 0) is 63.3 Å². The molecule has 3 heterocycles. The summed E-state index contributed by atoms with van der Waals surface area (Å²) < 4.78 is 0. The lowest BCUT2D eigenvalue weighted by molar-refractivity contribution is -0.114. The van der Waals surface area contributed by atoms with Crippen molar-refractivity contribution in [2.45, 2.75) is 46.6 Å². The predicted octanol–water partition coefficient (Wildman–Crippen LogP) is 3.57. The van der Waals surface area contributed by atoms with Gasteiger partial charge in [0.15, 0.2) is 5.13 Å². The average Bonchev–Trinajstić information content (AvgIpc) is 2.92. The number of thiazole rings is 1. The van der Waals surface area contributed by atoms with Crippen molar-refractivity contribution in [3.63, 3.8) is 0 Å². The van der Waals surface area contributed by atoms with Gasteiger partial charge in [-0.25, -0.2) is 4.98 Å². The molecule has 1 saturated heterocycles. The van der Waals surface area contributed by atoms with E-state index >= 15 is 0 Å². The lowest BCUT2D eigenvalue weighted by atomic mass is 9.91. The highest BCUT2D eigenvalue weighted by molar-refractivity contribution is 7.13. The fourth-order valence-corrected chi connectivity index (χ4v) is 4.40. The number of aromatic nitrogens is 2. The summed E-state index contributed by atoms with van der Waals surface area (Å²) >= 11 is 1.50. The molecule has 134 valence electrons. The van der Waals surface area contributed by atoms with E-state index in [1.54, 1.807) is 0 Å². The number of rotatable bonds is 5. The van der Waals surface area contributed by atoms with Gasteiger partial charge < -0.3 is 5.32 Å². The first-order chi connectivity index (χ1) is 12.0. The van der Waals surface area contributed by atoms with Gasteiger partial charge in [-0.1, -0.05) is 0 Å². The molecule has 0 bridgehead atoms. The summed E-state index contributed by atoms with van der Waals surface area (Å²) in [7, 11) is 0. The van der Waals surface area contributed by atoms with Crippen LogP contribution in [0.2, 0.25) is 0 Å². The Labute approximate surface area is 153 Å². The molecule has 2 aromatic heterocycles. The highest BCUT2D eigenvalue weighted by Crippen LogP contribution is 2.24. The third-order valence-electron chi connectivity index (χ3n) is 4.49. The molecule has 1 aliphatic heterocycles. The average molecular weight is 359 g/mol. The molecule has 0 spiro atoms. The lowest BCUT2D eigenvalue weighted by Gasteiger charge is -2.32. The molecule has 1 atom stereocenters. The molecule has 1 aliphatic rings. The summed E-state index contributed by atoms with van der Waals surface area (Å²) in [5.41, 5.74) is 4.66. The first-order valence-electron chi connectivity index (χ1n) is 8.86. The Morgan fingerprint density at radius 1 is 1.32 bits per heavy atom. The lowest BCUT2D eigenvalue weighted by Crippen LogP contribution is -2.35. The van der Waals surface area contributed by atoms with E-state index in [0.29, 0.717) is 11.0 Å². The molecule has 2 aromatic rings. The van der Waals surface area contributed by atoms with Crippen LogP contribution in [0, 0.1) is 19.8 Å². The Morgan fingerprint density at radius 2 is 2.08 bits per heavy atom. The topological polar surface area (TPSA) is 58.1 Å². The first-order valence-corrected chi connectivity index (χ1v) is 9.74. The second kappa shape index (κ2) is 8.06. The number of hydrogen-bond donors (Lipinski definition) is 1. The SMILES string of the molecule is CC(=O)Nc1nc(CN2CCC[C@H](Cc3cc(C)nc(C)c3)C2)cs1. The van der Waals surface area contributed by atoms with E-state index < -0.39 is 0 Å². The monoisotopic (exact) mass is 358 g/mol. The van der Waals surface area contributed by atoms with Crippen molar-refractivity contribution in [2.75, 3.05) is 18.4 Å². The molecule has 1 fully saturated rings. The van der Waals surface area contributed by atoms with Crippen LogP contribution in [0.15, 0.2) is 17.5 Å². The van der Waals surface area contributed by atoms with E-state index in [1.807, 2.05) is 5.38 Å². The van der Waals surface area contributed by atoms with Gasteiger partial charge in [0, 0.05) is 36.8 Å². The maximum Gasteiger partial charge on any atom is 0.223 e. The van der Waals surface area contributed by atoms with Crippen LogP contribution < -0.4 is 5.32 Å². The zero-order valence-electron chi connectivity index (χ0n) is 15.2. The zero-order chi connectivity index (χ0) is 17.8. The molecule has 6 heteroatoms. The van der Waals surface area contributed by atoms with Crippen LogP contribution in [0.3, 0.4) is 0 Å². The molecular formula is C19H26N4OS. The summed E-state index contributed by atoms with van der Waals surface area (Å²) in [5.74, 6) is 0.616. The number of carbonyl (C=O) groups is 1. The molecule has 1 N–H and O–H groups in total. The summed E-state index contributed by atoms with van der Waals surface area (Å²) in [5, 5.41) is 5.50. The van der Waals surface area contributed by atoms with Gasteiger partial charge >= 0.3 is 0 Å². The van der Waals surface area contributed by atoms with E-state index in [0.717, 1.165) is 43.1 Å². The van der Waals surface area contributed by atoms with Crippen LogP contribution in [0.4, 0.5) is 5.13 Å².